The van der Waals surface area contributed by atoms with Crippen LogP contribution in [0.15, 0.2) is 303 Å². The first kappa shape index (κ1) is 49.6. The van der Waals surface area contributed by atoms with E-state index < -0.39 is 0 Å². The highest BCUT2D eigenvalue weighted by atomic mass is 32.1. The van der Waals surface area contributed by atoms with Crippen LogP contribution in [0.1, 0.15) is 0 Å². The van der Waals surface area contributed by atoms with Crippen molar-refractivity contribution in [2.75, 3.05) is 0 Å². The Hall–Kier alpha value is -11.6. The number of hydrogen-bond donors (Lipinski definition) is 0. The maximum atomic E-state index is 5.45. The highest BCUT2D eigenvalue weighted by molar-refractivity contribution is 7.25. The number of aromatic nitrogens is 6. The Morgan fingerprint density at radius 3 is 0.921 bits per heavy atom. The Balaban J connectivity index is 0.793. The summed E-state index contributed by atoms with van der Waals surface area (Å²) in [5.41, 5.74) is 21.0. The van der Waals surface area contributed by atoms with Crippen molar-refractivity contribution in [2.24, 2.45) is 0 Å². The van der Waals surface area contributed by atoms with Crippen LogP contribution in [0, 0.1) is 0 Å². The van der Waals surface area contributed by atoms with Crippen LogP contribution in [0.3, 0.4) is 0 Å². The lowest BCUT2D eigenvalue weighted by Gasteiger charge is -2.12. The summed E-state index contributed by atoms with van der Waals surface area (Å²) in [7, 11) is 0. The molecule has 0 saturated heterocycles. The molecule has 89 heavy (non-hydrogen) atoms. The van der Waals surface area contributed by atoms with E-state index in [9.17, 15) is 0 Å². The molecule has 0 aliphatic rings. The van der Waals surface area contributed by atoms with E-state index in [1.807, 2.05) is 11.3 Å². The summed E-state index contributed by atoms with van der Waals surface area (Å²) in [6.45, 7) is 0. The smallest absolute Gasteiger partial charge is 0.235 e. The van der Waals surface area contributed by atoms with E-state index in [2.05, 4.69) is 322 Å². The van der Waals surface area contributed by atoms with Crippen LogP contribution in [0.25, 0.3) is 175 Å². The molecular weight excluding hydrogens is 1100 g/mol. The first-order valence-electron chi connectivity index (χ1n) is 30.3. The molecule has 0 N–H and O–H groups in total. The number of thiophene rings is 1. The third-order valence-electron chi connectivity index (χ3n) is 18.3. The molecule has 7 heteroatoms. The lowest BCUT2D eigenvalue weighted by Crippen LogP contribution is -2.04. The minimum absolute atomic E-state index is 0.622. The summed E-state index contributed by atoms with van der Waals surface area (Å²) in [5, 5.41) is 12.0. The van der Waals surface area contributed by atoms with Gasteiger partial charge in [-0.25, -0.2) is 9.97 Å². The third-order valence-corrected chi connectivity index (χ3v) is 19.5. The first-order chi connectivity index (χ1) is 44.1. The highest BCUT2D eigenvalue weighted by Gasteiger charge is 2.24. The molecule has 13 aromatic carbocycles. The predicted octanol–water partition coefficient (Wildman–Crippen LogP) is 21.9. The van der Waals surface area contributed by atoms with Gasteiger partial charge in [-0.1, -0.05) is 176 Å². The average molecular weight is 1150 g/mol. The van der Waals surface area contributed by atoms with Crippen molar-refractivity contribution in [1.82, 2.24) is 28.2 Å². The largest absolute Gasteiger partial charge is 0.309 e. The van der Waals surface area contributed by atoms with Crippen molar-refractivity contribution in [3.8, 4) is 67.8 Å². The summed E-state index contributed by atoms with van der Waals surface area (Å²) >= 11 is 1.86. The summed E-state index contributed by atoms with van der Waals surface area (Å²) in [6, 6.07) is 111. The van der Waals surface area contributed by atoms with Gasteiger partial charge in [0.15, 0.2) is 0 Å². The Labute approximate surface area is 514 Å². The third kappa shape index (κ3) is 7.69. The van der Waals surface area contributed by atoms with Gasteiger partial charge in [0.05, 0.1) is 55.5 Å². The fraction of sp³-hybridized carbons (Fsp3) is 0. The lowest BCUT2D eigenvalue weighted by atomic mass is 9.98. The predicted molar refractivity (Wildman–Crippen MR) is 374 cm³/mol. The fourth-order valence-corrected chi connectivity index (χ4v) is 15.4. The fourth-order valence-electron chi connectivity index (χ4n) is 14.3. The van der Waals surface area contributed by atoms with Crippen molar-refractivity contribution in [3.05, 3.63) is 303 Å². The average Bonchev–Trinajstić information content (AvgIpc) is 1.64. The van der Waals surface area contributed by atoms with Gasteiger partial charge in [0, 0.05) is 91.5 Å². The van der Waals surface area contributed by atoms with E-state index in [1.165, 1.54) is 85.7 Å². The molecule has 0 bridgehead atoms. The van der Waals surface area contributed by atoms with Crippen LogP contribution in [0.4, 0.5) is 0 Å². The lowest BCUT2D eigenvalue weighted by molar-refractivity contribution is 0.996. The van der Waals surface area contributed by atoms with E-state index in [4.69, 9.17) is 9.97 Å². The molecule has 6 heterocycles. The van der Waals surface area contributed by atoms with Gasteiger partial charge in [-0.2, -0.15) is 0 Å². The van der Waals surface area contributed by atoms with Crippen molar-refractivity contribution in [2.45, 2.75) is 0 Å². The van der Waals surface area contributed by atoms with Gasteiger partial charge < -0.3 is 13.7 Å². The molecule has 0 saturated carbocycles. The Morgan fingerprint density at radius 1 is 0.202 bits per heavy atom. The van der Waals surface area contributed by atoms with Crippen molar-refractivity contribution in [3.63, 3.8) is 0 Å². The maximum Gasteiger partial charge on any atom is 0.235 e. The van der Waals surface area contributed by atoms with Crippen LogP contribution in [0.5, 0.6) is 0 Å². The number of para-hydroxylation sites is 5. The number of nitrogens with zero attached hydrogens (tertiary/aromatic N) is 6. The standard InChI is InChI=1S/C82H50N6S/c1-6-20-51(21-7-1)70-50-71(52-22-8-2-9-23-52)84-82(83-70)88-75-39-35-54(43-63(75)67-49-77-65(47-79(67)88)61-31-17-19-33-73(61)86(77)58-26-12-4-13-27-58)56-37-41-81-69(45-56)68-44-55(36-40-80(68)89-81)53-34-38-74-62(42-53)66-48-76-64(46-78(66)87(74)59-28-14-5-15-29-59)60-30-16-18-32-72(60)85(76)57-24-10-3-11-25-57/h1-50H. The second-order valence-corrected chi connectivity index (χ2v) is 24.4. The van der Waals surface area contributed by atoms with Gasteiger partial charge in [-0.05, 0) is 150 Å². The highest BCUT2D eigenvalue weighted by Crippen LogP contribution is 2.45. The maximum absolute atomic E-state index is 5.45. The number of fused-ring (bicyclic) bond motifs is 15. The van der Waals surface area contributed by atoms with E-state index in [0.717, 1.165) is 83.5 Å². The molecule has 6 aromatic heterocycles. The van der Waals surface area contributed by atoms with Crippen molar-refractivity contribution >= 4 is 119 Å². The van der Waals surface area contributed by atoms with Gasteiger partial charge in [0.2, 0.25) is 5.95 Å². The molecule has 0 atom stereocenters. The first-order valence-corrected chi connectivity index (χ1v) is 31.1. The van der Waals surface area contributed by atoms with E-state index in [-0.39, 0.29) is 0 Å². The Morgan fingerprint density at radius 2 is 0.506 bits per heavy atom. The second-order valence-electron chi connectivity index (χ2n) is 23.3. The van der Waals surface area contributed by atoms with Crippen LogP contribution in [0.2, 0.25) is 0 Å². The van der Waals surface area contributed by atoms with Gasteiger partial charge >= 0.3 is 0 Å². The topological polar surface area (TPSA) is 45.5 Å². The van der Waals surface area contributed by atoms with E-state index in [1.54, 1.807) is 0 Å². The number of hydrogen-bond acceptors (Lipinski definition) is 3. The van der Waals surface area contributed by atoms with Gasteiger partial charge in [0.25, 0.3) is 0 Å². The minimum atomic E-state index is 0.622. The summed E-state index contributed by atoms with van der Waals surface area (Å²) < 4.78 is 12.1. The van der Waals surface area contributed by atoms with Gasteiger partial charge in [0.1, 0.15) is 0 Å². The molecule has 6 nitrogen and oxygen atoms in total. The molecule has 19 rings (SSSR count). The zero-order valence-electron chi connectivity index (χ0n) is 48.0. The van der Waals surface area contributed by atoms with Gasteiger partial charge in [-0.3, -0.25) is 4.57 Å². The summed E-state index contributed by atoms with van der Waals surface area (Å²) in [6.07, 6.45) is 0. The molecule has 0 aliphatic heterocycles. The minimum Gasteiger partial charge on any atom is -0.309 e. The summed E-state index contributed by atoms with van der Waals surface area (Å²) in [4.78, 5) is 10.9. The molecule has 0 aliphatic carbocycles. The van der Waals surface area contributed by atoms with Crippen molar-refractivity contribution < 1.29 is 0 Å². The van der Waals surface area contributed by atoms with Crippen LogP contribution >= 0.6 is 11.3 Å². The molecular formula is C82H50N6S. The Kier molecular flexibility index (Phi) is 10.8. The monoisotopic (exact) mass is 1150 g/mol. The normalized spacial score (nSPS) is 12.0. The summed E-state index contributed by atoms with van der Waals surface area (Å²) in [5.74, 6) is 0.622. The van der Waals surface area contributed by atoms with Crippen LogP contribution in [-0.2, 0) is 0 Å². The molecule has 0 unspecified atom stereocenters. The van der Waals surface area contributed by atoms with Crippen LogP contribution in [-0.4, -0.2) is 28.2 Å². The van der Waals surface area contributed by atoms with Crippen LogP contribution < -0.4 is 0 Å². The zero-order chi connectivity index (χ0) is 58.3. The molecule has 0 fully saturated rings. The number of rotatable bonds is 8. The number of benzene rings is 13. The zero-order valence-corrected chi connectivity index (χ0v) is 48.8. The molecule has 19 aromatic rings. The molecule has 0 radical (unpaired) electrons. The molecule has 0 amide bonds. The van der Waals surface area contributed by atoms with Crippen molar-refractivity contribution in [1.29, 1.82) is 0 Å². The van der Waals surface area contributed by atoms with Gasteiger partial charge in [-0.15, -0.1) is 11.3 Å². The Bertz CT molecular complexity index is 6020. The van der Waals surface area contributed by atoms with E-state index in [0.29, 0.717) is 5.95 Å². The molecule has 0 spiro atoms. The van der Waals surface area contributed by atoms with E-state index >= 15 is 0 Å². The molecule has 414 valence electrons. The second kappa shape index (κ2) is 19.4. The SMILES string of the molecule is c1ccc(-c2cc(-c3ccccc3)nc(-n3c4ccc(-c5ccc6sc7ccc(-c8ccc9c(c8)c8cc%10c(cc8n9-c8ccccc8)c8ccccc8n%10-c8ccccc8)cc7c6c5)cc4c4cc5c(cc43)c3ccccc3n5-c3ccccc3)n2)cc1. The quantitative estimate of drug-likeness (QED) is 0.152.